The van der Waals surface area contributed by atoms with Gasteiger partial charge in [-0.25, -0.2) is 4.98 Å². The Morgan fingerprint density at radius 2 is 2.13 bits per heavy atom. The van der Waals surface area contributed by atoms with Gasteiger partial charge in [0.25, 0.3) is 5.56 Å². The largest absolute Gasteiger partial charge is 0.356 e. The molecule has 0 amide bonds. The van der Waals surface area contributed by atoms with Crippen LogP contribution < -0.4 is 16.2 Å². The highest BCUT2D eigenvalue weighted by atomic mass is 16.1. The summed E-state index contributed by atoms with van der Waals surface area (Å²) < 4.78 is 0. The fourth-order valence-corrected chi connectivity index (χ4v) is 1.88. The van der Waals surface area contributed by atoms with Crippen molar-refractivity contribution < 1.29 is 0 Å². The molecule has 5 nitrogen and oxygen atoms in total. The number of piperidine rings is 1. The number of H-pyrrole nitrogens is 1. The van der Waals surface area contributed by atoms with E-state index in [4.69, 9.17) is 5.73 Å². The van der Waals surface area contributed by atoms with E-state index in [0.29, 0.717) is 5.82 Å². The first-order chi connectivity index (χ1) is 7.29. The number of nitrogens with two attached hydrogens (primary N) is 1. The quantitative estimate of drug-likeness (QED) is 0.729. The van der Waals surface area contributed by atoms with Gasteiger partial charge in [-0.1, -0.05) is 0 Å². The second-order valence-electron chi connectivity index (χ2n) is 3.80. The Morgan fingerprint density at radius 1 is 1.40 bits per heavy atom. The molecule has 2 rings (SSSR count). The molecule has 1 aromatic heterocycles. The van der Waals surface area contributed by atoms with Crippen molar-refractivity contribution >= 4 is 5.82 Å². The van der Waals surface area contributed by atoms with Gasteiger partial charge in [-0.2, -0.15) is 0 Å². The SMILES string of the molecule is NCc1nc(N2CCCCC2)cc(=O)[nH]1. The van der Waals surface area contributed by atoms with Gasteiger partial charge in [-0.3, -0.25) is 4.79 Å². The van der Waals surface area contributed by atoms with Crippen molar-refractivity contribution in [2.75, 3.05) is 18.0 Å². The zero-order valence-electron chi connectivity index (χ0n) is 8.70. The number of rotatable bonds is 2. The first-order valence-electron chi connectivity index (χ1n) is 5.35. The summed E-state index contributed by atoms with van der Waals surface area (Å²) in [6.45, 7) is 2.25. The van der Waals surface area contributed by atoms with Crippen LogP contribution in [0.4, 0.5) is 5.82 Å². The van der Waals surface area contributed by atoms with Crippen LogP contribution in [-0.2, 0) is 6.54 Å². The zero-order chi connectivity index (χ0) is 10.7. The van der Waals surface area contributed by atoms with Crippen LogP contribution in [-0.4, -0.2) is 23.1 Å². The molecule has 0 bridgehead atoms. The molecule has 0 aliphatic carbocycles. The molecule has 82 valence electrons. The second-order valence-corrected chi connectivity index (χ2v) is 3.80. The lowest BCUT2D eigenvalue weighted by molar-refractivity contribution is 0.571. The number of nitrogens with zero attached hydrogens (tertiary/aromatic N) is 2. The summed E-state index contributed by atoms with van der Waals surface area (Å²) in [7, 11) is 0. The van der Waals surface area contributed by atoms with Crippen LogP contribution in [0.1, 0.15) is 25.1 Å². The van der Waals surface area contributed by atoms with E-state index in [2.05, 4.69) is 14.9 Å². The third-order valence-corrected chi connectivity index (χ3v) is 2.65. The summed E-state index contributed by atoms with van der Waals surface area (Å²) in [6, 6.07) is 1.55. The molecule has 1 fully saturated rings. The van der Waals surface area contributed by atoms with Crippen molar-refractivity contribution in [3.63, 3.8) is 0 Å². The maximum absolute atomic E-state index is 11.3. The van der Waals surface area contributed by atoms with Crippen molar-refractivity contribution in [1.29, 1.82) is 0 Å². The Kier molecular flexibility index (Phi) is 3.01. The molecule has 0 saturated carbocycles. The Labute approximate surface area is 88.3 Å². The Bertz CT molecular complexity index is 381. The maximum atomic E-state index is 11.3. The highest BCUT2D eigenvalue weighted by molar-refractivity contribution is 5.37. The van der Waals surface area contributed by atoms with Crippen molar-refractivity contribution in [3.8, 4) is 0 Å². The normalized spacial score (nSPS) is 16.7. The number of aromatic nitrogens is 2. The third-order valence-electron chi connectivity index (χ3n) is 2.65. The van der Waals surface area contributed by atoms with Gasteiger partial charge < -0.3 is 15.6 Å². The molecule has 1 aliphatic heterocycles. The molecule has 0 aromatic carbocycles. The average Bonchev–Trinajstić information content (AvgIpc) is 2.29. The first-order valence-corrected chi connectivity index (χ1v) is 5.35. The van der Waals surface area contributed by atoms with E-state index in [0.717, 1.165) is 18.9 Å². The van der Waals surface area contributed by atoms with Gasteiger partial charge in [0.15, 0.2) is 0 Å². The lowest BCUT2D eigenvalue weighted by atomic mass is 10.1. The Morgan fingerprint density at radius 3 is 2.80 bits per heavy atom. The predicted octanol–water partition coefficient (Wildman–Crippen LogP) is 0.219. The van der Waals surface area contributed by atoms with Gasteiger partial charge in [0, 0.05) is 19.2 Å². The molecule has 3 N–H and O–H groups in total. The lowest BCUT2D eigenvalue weighted by Crippen LogP contribution is -2.32. The lowest BCUT2D eigenvalue weighted by Gasteiger charge is -2.27. The second kappa shape index (κ2) is 4.44. The van der Waals surface area contributed by atoms with Crippen molar-refractivity contribution in [1.82, 2.24) is 9.97 Å². The highest BCUT2D eigenvalue weighted by Crippen LogP contribution is 2.15. The average molecular weight is 208 g/mol. The predicted molar refractivity (Wildman–Crippen MR) is 58.8 cm³/mol. The fraction of sp³-hybridized carbons (Fsp3) is 0.600. The molecule has 1 aromatic rings. The van der Waals surface area contributed by atoms with Crippen LogP contribution >= 0.6 is 0 Å². The summed E-state index contributed by atoms with van der Waals surface area (Å²) >= 11 is 0. The van der Waals surface area contributed by atoms with Gasteiger partial charge in [0.05, 0.1) is 6.54 Å². The standard InChI is InChI=1S/C10H16N4O/c11-7-8-12-9(6-10(15)13-8)14-4-2-1-3-5-14/h6H,1-5,7,11H2,(H,12,13,15). The molecule has 2 heterocycles. The number of hydrogen-bond donors (Lipinski definition) is 2. The first kappa shape index (κ1) is 10.2. The van der Waals surface area contributed by atoms with Crippen LogP contribution in [0.3, 0.4) is 0 Å². The van der Waals surface area contributed by atoms with E-state index in [1.165, 1.54) is 19.3 Å². The summed E-state index contributed by atoms with van der Waals surface area (Å²) in [5.41, 5.74) is 5.35. The molecule has 15 heavy (non-hydrogen) atoms. The molecular formula is C10H16N4O. The Hall–Kier alpha value is -1.36. The summed E-state index contributed by atoms with van der Waals surface area (Å²) in [4.78, 5) is 20.4. The molecule has 0 radical (unpaired) electrons. The van der Waals surface area contributed by atoms with E-state index in [9.17, 15) is 4.79 Å². The van der Waals surface area contributed by atoms with Crippen LogP contribution in [0, 0.1) is 0 Å². The van der Waals surface area contributed by atoms with Crippen LogP contribution in [0.2, 0.25) is 0 Å². The molecule has 0 unspecified atom stereocenters. The van der Waals surface area contributed by atoms with E-state index in [-0.39, 0.29) is 12.1 Å². The minimum Gasteiger partial charge on any atom is -0.356 e. The fourth-order valence-electron chi connectivity index (χ4n) is 1.88. The summed E-state index contributed by atoms with van der Waals surface area (Å²) in [6.07, 6.45) is 3.61. The molecular weight excluding hydrogens is 192 g/mol. The monoisotopic (exact) mass is 208 g/mol. The number of hydrogen-bond acceptors (Lipinski definition) is 4. The van der Waals surface area contributed by atoms with Gasteiger partial charge in [0.2, 0.25) is 0 Å². The van der Waals surface area contributed by atoms with Crippen LogP contribution in [0.15, 0.2) is 10.9 Å². The molecule has 1 saturated heterocycles. The summed E-state index contributed by atoms with van der Waals surface area (Å²) in [5, 5.41) is 0. The van der Waals surface area contributed by atoms with E-state index in [1.807, 2.05) is 0 Å². The summed E-state index contributed by atoms with van der Waals surface area (Å²) in [5.74, 6) is 1.32. The molecule has 0 spiro atoms. The molecule has 1 aliphatic rings. The minimum absolute atomic E-state index is 0.119. The van der Waals surface area contributed by atoms with E-state index >= 15 is 0 Å². The van der Waals surface area contributed by atoms with Crippen LogP contribution in [0.25, 0.3) is 0 Å². The van der Waals surface area contributed by atoms with Crippen molar-refractivity contribution in [2.24, 2.45) is 5.73 Å². The number of nitrogens with one attached hydrogen (secondary N) is 1. The topological polar surface area (TPSA) is 75.0 Å². The molecule has 5 heteroatoms. The smallest absolute Gasteiger partial charge is 0.253 e. The van der Waals surface area contributed by atoms with Crippen molar-refractivity contribution in [2.45, 2.75) is 25.8 Å². The van der Waals surface area contributed by atoms with Crippen molar-refractivity contribution in [3.05, 3.63) is 22.2 Å². The maximum Gasteiger partial charge on any atom is 0.253 e. The molecule has 0 atom stereocenters. The van der Waals surface area contributed by atoms with Gasteiger partial charge >= 0.3 is 0 Å². The number of anilines is 1. The third kappa shape index (κ3) is 2.36. The minimum atomic E-state index is -0.119. The zero-order valence-corrected chi connectivity index (χ0v) is 8.70. The number of aromatic amines is 1. The Balaban J connectivity index is 2.26. The van der Waals surface area contributed by atoms with Gasteiger partial charge in [-0.15, -0.1) is 0 Å². The highest BCUT2D eigenvalue weighted by Gasteiger charge is 2.13. The van der Waals surface area contributed by atoms with Gasteiger partial charge in [-0.05, 0) is 19.3 Å². The van der Waals surface area contributed by atoms with Crippen LogP contribution in [0.5, 0.6) is 0 Å². The van der Waals surface area contributed by atoms with E-state index < -0.39 is 0 Å². The van der Waals surface area contributed by atoms with Gasteiger partial charge in [0.1, 0.15) is 11.6 Å². The van der Waals surface area contributed by atoms with E-state index in [1.54, 1.807) is 6.07 Å².